The van der Waals surface area contributed by atoms with Gasteiger partial charge in [-0.15, -0.1) is 11.3 Å². The van der Waals surface area contributed by atoms with Crippen LogP contribution in [0.4, 0.5) is 0 Å². The second-order valence-electron chi connectivity index (χ2n) is 7.00. The third-order valence-electron chi connectivity index (χ3n) is 2.67. The number of rotatable bonds is 3. The van der Waals surface area contributed by atoms with E-state index in [0.29, 0.717) is 0 Å². The van der Waals surface area contributed by atoms with Gasteiger partial charge in [-0.2, -0.15) is 0 Å². The van der Waals surface area contributed by atoms with E-state index in [9.17, 15) is 0 Å². The summed E-state index contributed by atoms with van der Waals surface area (Å²) in [4.78, 5) is 8.92. The predicted octanol–water partition coefficient (Wildman–Crippen LogP) is 2.95. The highest BCUT2D eigenvalue weighted by atomic mass is 32.1. The molecule has 0 amide bonds. The van der Waals surface area contributed by atoms with E-state index in [1.54, 1.807) is 18.4 Å². The third-order valence-corrected chi connectivity index (χ3v) is 3.58. The fourth-order valence-electron chi connectivity index (χ4n) is 1.59. The molecule has 0 aliphatic heterocycles. The van der Waals surface area contributed by atoms with E-state index in [1.165, 1.54) is 10.7 Å². The zero-order valence-electron chi connectivity index (χ0n) is 13.8. The van der Waals surface area contributed by atoms with Gasteiger partial charge in [0.2, 0.25) is 0 Å². The van der Waals surface area contributed by atoms with Crippen LogP contribution in [0, 0.1) is 0 Å². The zero-order chi connectivity index (χ0) is 15.4. The van der Waals surface area contributed by atoms with E-state index < -0.39 is 0 Å². The summed E-state index contributed by atoms with van der Waals surface area (Å²) in [5.41, 5.74) is 1.32. The summed E-state index contributed by atoms with van der Waals surface area (Å²) in [5.74, 6) is 0.838. The molecule has 5 heteroatoms. The van der Waals surface area contributed by atoms with Crippen LogP contribution in [0.25, 0.3) is 0 Å². The van der Waals surface area contributed by atoms with Crippen molar-refractivity contribution in [2.24, 2.45) is 4.99 Å². The lowest BCUT2D eigenvalue weighted by Gasteiger charge is -2.23. The van der Waals surface area contributed by atoms with Crippen LogP contribution in [0.3, 0.4) is 0 Å². The quantitative estimate of drug-likeness (QED) is 0.666. The number of nitrogens with zero attached hydrogens (tertiary/aromatic N) is 2. The van der Waals surface area contributed by atoms with Gasteiger partial charge in [-0.3, -0.25) is 4.99 Å². The Morgan fingerprint density at radius 1 is 1.25 bits per heavy atom. The Morgan fingerprint density at radius 3 is 2.35 bits per heavy atom. The Balaban J connectivity index is 2.46. The van der Waals surface area contributed by atoms with Gasteiger partial charge < -0.3 is 10.6 Å². The fraction of sp³-hybridized carbons (Fsp3) is 0.733. The first-order valence-corrected chi connectivity index (χ1v) is 7.93. The molecule has 1 heterocycles. The van der Waals surface area contributed by atoms with Crippen molar-refractivity contribution in [1.29, 1.82) is 0 Å². The minimum Gasteiger partial charge on any atom is -0.356 e. The fourth-order valence-corrected chi connectivity index (χ4v) is 2.62. The van der Waals surface area contributed by atoms with E-state index in [4.69, 9.17) is 4.98 Å². The molecule has 0 radical (unpaired) electrons. The van der Waals surface area contributed by atoms with E-state index >= 15 is 0 Å². The van der Waals surface area contributed by atoms with E-state index in [0.717, 1.165) is 18.9 Å². The van der Waals surface area contributed by atoms with E-state index in [-0.39, 0.29) is 11.0 Å². The monoisotopic (exact) mass is 296 g/mol. The molecular formula is C15H28N4S. The number of thiazole rings is 1. The first-order valence-electron chi connectivity index (χ1n) is 7.05. The average molecular weight is 296 g/mol. The van der Waals surface area contributed by atoms with E-state index in [1.807, 2.05) is 0 Å². The van der Waals surface area contributed by atoms with Crippen LogP contribution in [0.1, 0.15) is 52.2 Å². The summed E-state index contributed by atoms with van der Waals surface area (Å²) in [6, 6.07) is 0. The van der Waals surface area contributed by atoms with Gasteiger partial charge in [-0.1, -0.05) is 20.8 Å². The molecule has 0 spiro atoms. The molecule has 0 unspecified atom stereocenters. The van der Waals surface area contributed by atoms with Crippen LogP contribution in [0.5, 0.6) is 0 Å². The van der Waals surface area contributed by atoms with Crippen molar-refractivity contribution in [3.63, 3.8) is 0 Å². The Labute approximate surface area is 127 Å². The summed E-state index contributed by atoms with van der Waals surface area (Å²) in [5, 5.41) is 10.0. The first-order chi connectivity index (χ1) is 9.12. The Kier molecular flexibility index (Phi) is 5.57. The Hall–Kier alpha value is -1.10. The van der Waals surface area contributed by atoms with Crippen molar-refractivity contribution in [2.75, 3.05) is 13.6 Å². The smallest absolute Gasteiger partial charge is 0.191 e. The molecule has 114 valence electrons. The number of guanidine groups is 1. The first kappa shape index (κ1) is 17.0. The molecule has 0 aromatic carbocycles. The highest BCUT2D eigenvalue weighted by molar-refractivity contribution is 7.09. The normalized spacial score (nSPS) is 13.4. The number of aromatic nitrogens is 1. The second kappa shape index (κ2) is 6.57. The molecule has 2 N–H and O–H groups in total. The molecule has 0 bridgehead atoms. The highest BCUT2D eigenvalue weighted by Crippen LogP contribution is 2.23. The molecular weight excluding hydrogens is 268 g/mol. The van der Waals surface area contributed by atoms with Gasteiger partial charge >= 0.3 is 0 Å². The van der Waals surface area contributed by atoms with Gasteiger partial charge in [-0.25, -0.2) is 4.98 Å². The topological polar surface area (TPSA) is 49.3 Å². The lowest BCUT2D eigenvalue weighted by molar-refractivity contribution is 0.501. The van der Waals surface area contributed by atoms with Crippen LogP contribution >= 0.6 is 11.3 Å². The van der Waals surface area contributed by atoms with E-state index in [2.05, 4.69) is 62.5 Å². The van der Waals surface area contributed by atoms with Crippen LogP contribution < -0.4 is 10.6 Å². The lowest BCUT2D eigenvalue weighted by Crippen LogP contribution is -2.48. The van der Waals surface area contributed by atoms with Crippen molar-refractivity contribution in [3.8, 4) is 0 Å². The maximum atomic E-state index is 4.70. The van der Waals surface area contributed by atoms with Gasteiger partial charge in [0.25, 0.3) is 0 Å². The molecule has 1 rings (SSSR count). The van der Waals surface area contributed by atoms with Crippen LogP contribution in [0.2, 0.25) is 0 Å². The number of aliphatic imine (C=N–C) groups is 1. The van der Waals surface area contributed by atoms with Gasteiger partial charge in [0.05, 0.1) is 10.7 Å². The van der Waals surface area contributed by atoms with Crippen molar-refractivity contribution in [3.05, 3.63) is 16.1 Å². The molecule has 20 heavy (non-hydrogen) atoms. The third kappa shape index (κ3) is 5.90. The molecule has 0 aliphatic rings. The maximum absolute atomic E-state index is 4.70. The summed E-state index contributed by atoms with van der Waals surface area (Å²) in [6.07, 6.45) is 0.922. The minimum atomic E-state index is 0.0163. The van der Waals surface area contributed by atoms with Crippen molar-refractivity contribution < 1.29 is 0 Å². The summed E-state index contributed by atoms with van der Waals surface area (Å²) in [7, 11) is 1.79. The van der Waals surface area contributed by atoms with Gasteiger partial charge in [0.15, 0.2) is 5.96 Å². The van der Waals surface area contributed by atoms with Crippen LogP contribution in [-0.2, 0) is 11.8 Å². The second-order valence-corrected chi connectivity index (χ2v) is 7.94. The van der Waals surface area contributed by atoms with Crippen LogP contribution in [0.15, 0.2) is 10.4 Å². The minimum absolute atomic E-state index is 0.0163. The number of hydrogen-bond donors (Lipinski definition) is 2. The summed E-state index contributed by atoms with van der Waals surface area (Å²) < 4.78 is 0. The SMILES string of the molecule is CN=C(NCCc1nc(C(C)(C)C)cs1)NC(C)(C)C. The molecule has 0 saturated heterocycles. The molecule has 1 aromatic heterocycles. The molecule has 0 aliphatic carbocycles. The summed E-state index contributed by atoms with van der Waals surface area (Å²) in [6.45, 7) is 13.8. The Bertz CT molecular complexity index is 449. The van der Waals surface area contributed by atoms with Crippen LogP contribution in [-0.4, -0.2) is 30.1 Å². The summed E-state index contributed by atoms with van der Waals surface area (Å²) >= 11 is 1.74. The average Bonchev–Trinajstić information content (AvgIpc) is 2.74. The van der Waals surface area contributed by atoms with Gasteiger partial charge in [0, 0.05) is 36.3 Å². The number of hydrogen-bond acceptors (Lipinski definition) is 3. The maximum Gasteiger partial charge on any atom is 0.191 e. The van der Waals surface area contributed by atoms with Crippen molar-refractivity contribution >= 4 is 17.3 Å². The van der Waals surface area contributed by atoms with Crippen molar-refractivity contribution in [1.82, 2.24) is 15.6 Å². The van der Waals surface area contributed by atoms with Crippen molar-refractivity contribution in [2.45, 2.75) is 58.9 Å². The zero-order valence-corrected chi connectivity index (χ0v) is 14.6. The van der Waals surface area contributed by atoms with Gasteiger partial charge in [0.1, 0.15) is 0 Å². The lowest BCUT2D eigenvalue weighted by atomic mass is 9.93. The standard InChI is InChI=1S/C15H28N4S/c1-14(2,3)11-10-20-12(18-11)8-9-17-13(16-7)19-15(4,5)6/h10H,8-9H2,1-7H3,(H2,16,17,19). The molecule has 0 fully saturated rings. The molecule has 4 nitrogen and oxygen atoms in total. The highest BCUT2D eigenvalue weighted by Gasteiger charge is 2.17. The molecule has 0 atom stereocenters. The Morgan fingerprint density at radius 2 is 1.90 bits per heavy atom. The largest absolute Gasteiger partial charge is 0.356 e. The molecule has 0 saturated carbocycles. The predicted molar refractivity (Wildman–Crippen MR) is 88.8 cm³/mol. The molecule has 1 aromatic rings. The number of nitrogens with one attached hydrogen (secondary N) is 2. The van der Waals surface area contributed by atoms with Gasteiger partial charge in [-0.05, 0) is 20.8 Å².